The normalized spacial score (nSPS) is 10.4. The van der Waals surface area contributed by atoms with Crippen LogP contribution in [-0.4, -0.2) is 18.0 Å². The molecular formula is C31H48O3. The molecule has 0 atom stereocenters. The highest BCUT2D eigenvalue weighted by molar-refractivity contribution is 5.79. The first-order valence-corrected chi connectivity index (χ1v) is 13.7. The van der Waals surface area contributed by atoms with Gasteiger partial charge in [-0.05, 0) is 43.0 Å². The number of carbonyl (C=O) groups excluding carboxylic acids is 1. The average Bonchev–Trinajstić information content (AvgIpc) is 2.87. The highest BCUT2D eigenvalue weighted by atomic mass is 16.5. The summed E-state index contributed by atoms with van der Waals surface area (Å²) in [5.41, 5.74) is 1.73. The summed E-state index contributed by atoms with van der Waals surface area (Å²) in [6, 6.07) is 15.1. The maximum absolute atomic E-state index is 10.8. The molecule has 0 aliphatic carbocycles. The number of phenols is 1. The molecule has 190 valence electrons. The molecule has 0 aliphatic heterocycles. The van der Waals surface area contributed by atoms with Crippen LogP contribution in [0.3, 0.4) is 0 Å². The van der Waals surface area contributed by atoms with Crippen LogP contribution in [0.2, 0.25) is 0 Å². The van der Waals surface area contributed by atoms with Gasteiger partial charge in [-0.3, -0.25) is 4.79 Å². The SMILES string of the molecule is CCCCCCCCCOc1ccccc1C=O.CCCCCCCCCc1ccccc1O. The van der Waals surface area contributed by atoms with Gasteiger partial charge in [0.2, 0.25) is 0 Å². The standard InChI is InChI=1S/C16H24O2.C15H24O/c1-2-3-4-5-6-7-10-13-18-16-12-9-8-11-15(16)14-17;1-2-3-4-5-6-7-8-11-14-12-9-10-13-15(14)16/h8-9,11-12,14H,2-7,10,13H2,1H3;9-10,12-13,16H,2-8,11H2,1H3. The molecule has 3 heteroatoms. The minimum Gasteiger partial charge on any atom is -0.508 e. The van der Waals surface area contributed by atoms with E-state index in [1.807, 2.05) is 36.4 Å². The van der Waals surface area contributed by atoms with Crippen LogP contribution in [0.1, 0.15) is 120 Å². The molecule has 3 nitrogen and oxygen atoms in total. The number of hydrogen-bond donors (Lipinski definition) is 1. The number of ether oxygens (including phenoxy) is 1. The van der Waals surface area contributed by atoms with E-state index in [0.29, 0.717) is 23.7 Å². The Morgan fingerprint density at radius 2 is 1.21 bits per heavy atom. The summed E-state index contributed by atoms with van der Waals surface area (Å²) in [6.07, 6.45) is 20.0. The smallest absolute Gasteiger partial charge is 0.153 e. The van der Waals surface area contributed by atoms with Crippen LogP contribution in [0.15, 0.2) is 48.5 Å². The Morgan fingerprint density at radius 1 is 0.676 bits per heavy atom. The second-order valence-electron chi connectivity index (χ2n) is 9.13. The zero-order valence-corrected chi connectivity index (χ0v) is 21.8. The lowest BCUT2D eigenvalue weighted by Gasteiger charge is -2.07. The van der Waals surface area contributed by atoms with E-state index in [4.69, 9.17) is 4.74 Å². The average molecular weight is 469 g/mol. The monoisotopic (exact) mass is 468 g/mol. The van der Waals surface area contributed by atoms with Gasteiger partial charge in [-0.25, -0.2) is 0 Å². The van der Waals surface area contributed by atoms with Gasteiger partial charge in [0.15, 0.2) is 6.29 Å². The Hall–Kier alpha value is -2.29. The topological polar surface area (TPSA) is 46.5 Å². The van der Waals surface area contributed by atoms with Crippen molar-refractivity contribution in [2.24, 2.45) is 0 Å². The lowest BCUT2D eigenvalue weighted by atomic mass is 10.0. The maximum atomic E-state index is 10.8. The molecular weight excluding hydrogens is 420 g/mol. The highest BCUT2D eigenvalue weighted by Crippen LogP contribution is 2.19. The number of aryl methyl sites for hydroxylation is 1. The van der Waals surface area contributed by atoms with Crippen molar-refractivity contribution in [3.05, 3.63) is 59.7 Å². The maximum Gasteiger partial charge on any atom is 0.153 e. The largest absolute Gasteiger partial charge is 0.508 e. The van der Waals surface area contributed by atoms with Crippen LogP contribution in [-0.2, 0) is 6.42 Å². The van der Waals surface area contributed by atoms with Gasteiger partial charge in [-0.2, -0.15) is 0 Å². The molecule has 2 aromatic carbocycles. The molecule has 34 heavy (non-hydrogen) atoms. The number of aromatic hydroxyl groups is 1. The predicted molar refractivity (Wildman–Crippen MR) is 145 cm³/mol. The first-order valence-electron chi connectivity index (χ1n) is 13.7. The molecule has 0 unspecified atom stereocenters. The van der Waals surface area contributed by atoms with E-state index < -0.39 is 0 Å². The molecule has 0 radical (unpaired) electrons. The third-order valence-corrected chi connectivity index (χ3v) is 6.09. The van der Waals surface area contributed by atoms with E-state index in [2.05, 4.69) is 13.8 Å². The summed E-state index contributed by atoms with van der Waals surface area (Å²) in [5.74, 6) is 1.16. The van der Waals surface area contributed by atoms with Crippen molar-refractivity contribution in [3.8, 4) is 11.5 Å². The molecule has 2 aromatic rings. The summed E-state index contributed by atoms with van der Waals surface area (Å²) < 4.78 is 5.62. The van der Waals surface area contributed by atoms with E-state index in [1.54, 1.807) is 12.1 Å². The summed E-state index contributed by atoms with van der Waals surface area (Å²) in [5, 5.41) is 9.58. The third-order valence-electron chi connectivity index (χ3n) is 6.09. The predicted octanol–water partition coefficient (Wildman–Crippen LogP) is 9.31. The number of carbonyl (C=O) groups is 1. The molecule has 0 amide bonds. The van der Waals surface area contributed by atoms with Crippen LogP contribution < -0.4 is 4.74 Å². The Bertz CT molecular complexity index is 741. The number of aldehydes is 1. The van der Waals surface area contributed by atoms with Gasteiger partial charge in [-0.1, -0.05) is 121 Å². The third kappa shape index (κ3) is 14.8. The van der Waals surface area contributed by atoms with Gasteiger partial charge in [0.25, 0.3) is 0 Å². The molecule has 0 saturated heterocycles. The zero-order chi connectivity index (χ0) is 24.7. The van der Waals surface area contributed by atoms with Gasteiger partial charge in [0, 0.05) is 0 Å². The lowest BCUT2D eigenvalue weighted by Crippen LogP contribution is -1.99. The van der Waals surface area contributed by atoms with E-state index >= 15 is 0 Å². The Labute approximate surface area is 208 Å². The first-order chi connectivity index (χ1) is 16.7. The van der Waals surface area contributed by atoms with Crippen molar-refractivity contribution < 1.29 is 14.6 Å². The lowest BCUT2D eigenvalue weighted by molar-refractivity contribution is 0.111. The van der Waals surface area contributed by atoms with Crippen LogP contribution in [0.4, 0.5) is 0 Å². The van der Waals surface area contributed by atoms with Crippen molar-refractivity contribution in [2.45, 2.75) is 110 Å². The van der Waals surface area contributed by atoms with Gasteiger partial charge >= 0.3 is 0 Å². The number of hydrogen-bond acceptors (Lipinski definition) is 3. The Kier molecular flexibility index (Phi) is 18.6. The van der Waals surface area contributed by atoms with Crippen molar-refractivity contribution >= 4 is 6.29 Å². The van der Waals surface area contributed by atoms with Crippen LogP contribution in [0.5, 0.6) is 11.5 Å². The van der Waals surface area contributed by atoms with Gasteiger partial charge in [0.05, 0.1) is 12.2 Å². The summed E-state index contributed by atoms with van der Waals surface area (Å²) in [4.78, 5) is 10.8. The van der Waals surface area contributed by atoms with Crippen LogP contribution >= 0.6 is 0 Å². The first kappa shape index (κ1) is 29.7. The number of rotatable bonds is 18. The molecule has 0 fully saturated rings. The molecule has 2 rings (SSSR count). The van der Waals surface area contributed by atoms with E-state index in [0.717, 1.165) is 24.7 Å². The quantitative estimate of drug-likeness (QED) is 0.175. The minimum absolute atomic E-state index is 0.452. The van der Waals surface area contributed by atoms with E-state index in [-0.39, 0.29) is 0 Å². The summed E-state index contributed by atoms with van der Waals surface area (Å²) >= 11 is 0. The van der Waals surface area contributed by atoms with E-state index in [9.17, 15) is 9.90 Å². The molecule has 0 heterocycles. The highest BCUT2D eigenvalue weighted by Gasteiger charge is 2.01. The van der Waals surface area contributed by atoms with Crippen molar-refractivity contribution in [1.29, 1.82) is 0 Å². The minimum atomic E-state index is 0.452. The Balaban J connectivity index is 0.000000342. The van der Waals surface area contributed by atoms with E-state index in [1.165, 1.54) is 83.5 Å². The molecule has 0 saturated carbocycles. The van der Waals surface area contributed by atoms with Crippen LogP contribution in [0, 0.1) is 0 Å². The molecule has 1 N–H and O–H groups in total. The molecule has 0 bridgehead atoms. The van der Waals surface area contributed by atoms with Crippen LogP contribution in [0.25, 0.3) is 0 Å². The van der Waals surface area contributed by atoms with Gasteiger partial charge in [0.1, 0.15) is 11.5 Å². The van der Waals surface area contributed by atoms with Crippen molar-refractivity contribution in [2.75, 3.05) is 6.61 Å². The summed E-state index contributed by atoms with van der Waals surface area (Å²) in [7, 11) is 0. The second kappa shape index (κ2) is 21.3. The second-order valence-corrected chi connectivity index (χ2v) is 9.13. The Morgan fingerprint density at radius 3 is 1.82 bits per heavy atom. The summed E-state index contributed by atoms with van der Waals surface area (Å²) in [6.45, 7) is 5.19. The number of benzene rings is 2. The number of para-hydroxylation sites is 2. The van der Waals surface area contributed by atoms with Gasteiger partial charge in [-0.15, -0.1) is 0 Å². The fourth-order valence-corrected chi connectivity index (χ4v) is 3.95. The fraction of sp³-hybridized carbons (Fsp3) is 0.581. The number of unbranched alkanes of at least 4 members (excludes halogenated alkanes) is 12. The van der Waals surface area contributed by atoms with Crippen molar-refractivity contribution in [1.82, 2.24) is 0 Å². The molecule has 0 spiro atoms. The molecule has 0 aliphatic rings. The van der Waals surface area contributed by atoms with Gasteiger partial charge < -0.3 is 9.84 Å². The van der Waals surface area contributed by atoms with Crippen molar-refractivity contribution in [3.63, 3.8) is 0 Å². The molecule has 0 aromatic heterocycles. The number of phenolic OH excluding ortho intramolecular Hbond substituents is 1. The zero-order valence-electron chi connectivity index (χ0n) is 21.8. The fourth-order valence-electron chi connectivity index (χ4n) is 3.95.